The Bertz CT molecular complexity index is 312. The van der Waals surface area contributed by atoms with Gasteiger partial charge in [-0.05, 0) is 6.92 Å². The average molecular weight is 198 g/mol. The Balaban J connectivity index is 2.81. The second-order valence-corrected chi connectivity index (χ2v) is 5.19. The second-order valence-electron chi connectivity index (χ2n) is 4.13. The minimum Gasteiger partial charge on any atom is -0.300 e. The molecule has 13 heavy (non-hydrogen) atoms. The number of aromatic nitrogens is 2. The zero-order valence-corrected chi connectivity index (χ0v) is 9.23. The van der Waals surface area contributed by atoms with Gasteiger partial charge in [0.25, 0.3) is 0 Å². The Kier molecular flexibility index (Phi) is 2.81. The van der Waals surface area contributed by atoms with Crippen LogP contribution in [0.1, 0.15) is 37.7 Å². The van der Waals surface area contributed by atoms with Gasteiger partial charge in [-0.25, -0.2) is 0 Å². The van der Waals surface area contributed by atoms with E-state index in [0.717, 1.165) is 10.0 Å². The van der Waals surface area contributed by atoms with Crippen LogP contribution in [-0.2, 0) is 16.6 Å². The largest absolute Gasteiger partial charge is 0.300 e. The standard InChI is InChI=1S/C9H14N2OS/c1-6(12)5-7-10-11-8(13-7)9(2,3)4/h5H2,1-4H3. The van der Waals surface area contributed by atoms with Crippen LogP contribution >= 0.6 is 11.3 Å². The van der Waals surface area contributed by atoms with Gasteiger partial charge in [-0.2, -0.15) is 0 Å². The Labute approximate surface area is 82.2 Å². The van der Waals surface area contributed by atoms with E-state index < -0.39 is 0 Å². The molecule has 0 atom stereocenters. The van der Waals surface area contributed by atoms with Gasteiger partial charge in [0.05, 0.1) is 6.42 Å². The summed E-state index contributed by atoms with van der Waals surface area (Å²) >= 11 is 1.53. The molecule has 3 nitrogen and oxygen atoms in total. The van der Waals surface area contributed by atoms with E-state index in [1.165, 1.54) is 11.3 Å². The van der Waals surface area contributed by atoms with Crippen LogP contribution in [-0.4, -0.2) is 16.0 Å². The van der Waals surface area contributed by atoms with Gasteiger partial charge in [-0.15, -0.1) is 21.5 Å². The summed E-state index contributed by atoms with van der Waals surface area (Å²) < 4.78 is 0. The van der Waals surface area contributed by atoms with E-state index in [0.29, 0.717) is 6.42 Å². The molecular formula is C9H14N2OS. The smallest absolute Gasteiger partial charge is 0.136 e. The fourth-order valence-electron chi connectivity index (χ4n) is 0.841. The number of carbonyl (C=O) groups is 1. The topological polar surface area (TPSA) is 42.9 Å². The Morgan fingerprint density at radius 2 is 2.00 bits per heavy atom. The van der Waals surface area contributed by atoms with Crippen LogP contribution in [0.2, 0.25) is 0 Å². The lowest BCUT2D eigenvalue weighted by atomic mass is 9.98. The third-order valence-corrected chi connectivity index (χ3v) is 2.86. The van der Waals surface area contributed by atoms with Crippen molar-refractivity contribution in [3.8, 4) is 0 Å². The van der Waals surface area contributed by atoms with Crippen molar-refractivity contribution in [3.63, 3.8) is 0 Å². The maximum atomic E-state index is 10.8. The van der Waals surface area contributed by atoms with Crippen molar-refractivity contribution in [3.05, 3.63) is 10.0 Å². The van der Waals surface area contributed by atoms with Crippen molar-refractivity contribution in [1.82, 2.24) is 10.2 Å². The number of carbonyl (C=O) groups excluding carboxylic acids is 1. The highest BCUT2D eigenvalue weighted by Gasteiger charge is 2.19. The quantitative estimate of drug-likeness (QED) is 0.729. The van der Waals surface area contributed by atoms with E-state index in [1.54, 1.807) is 6.92 Å². The van der Waals surface area contributed by atoms with Gasteiger partial charge in [0, 0.05) is 5.41 Å². The number of nitrogens with zero attached hydrogens (tertiary/aromatic N) is 2. The molecule has 0 N–H and O–H groups in total. The van der Waals surface area contributed by atoms with Gasteiger partial charge in [0.15, 0.2) is 0 Å². The maximum absolute atomic E-state index is 10.8. The summed E-state index contributed by atoms with van der Waals surface area (Å²) in [5, 5.41) is 9.83. The lowest BCUT2D eigenvalue weighted by Gasteiger charge is -2.12. The molecule has 0 aliphatic rings. The molecule has 0 saturated heterocycles. The molecule has 1 rings (SSSR count). The third kappa shape index (κ3) is 2.88. The van der Waals surface area contributed by atoms with Crippen molar-refractivity contribution in [2.24, 2.45) is 0 Å². The van der Waals surface area contributed by atoms with Crippen LogP contribution in [0.3, 0.4) is 0 Å². The van der Waals surface area contributed by atoms with Crippen molar-refractivity contribution in [1.29, 1.82) is 0 Å². The number of Topliss-reactive ketones (excluding diaryl/α,β-unsaturated/α-hetero) is 1. The number of ketones is 1. The van der Waals surface area contributed by atoms with Gasteiger partial charge in [0.1, 0.15) is 15.8 Å². The minimum absolute atomic E-state index is 0.0344. The molecule has 4 heteroatoms. The van der Waals surface area contributed by atoms with E-state index >= 15 is 0 Å². The van der Waals surface area contributed by atoms with Crippen LogP contribution in [0.25, 0.3) is 0 Å². The van der Waals surface area contributed by atoms with Crippen molar-refractivity contribution >= 4 is 17.1 Å². The molecule has 0 aliphatic heterocycles. The summed E-state index contributed by atoms with van der Waals surface area (Å²) in [6.45, 7) is 7.83. The molecule has 1 heterocycles. The van der Waals surface area contributed by atoms with E-state index in [9.17, 15) is 4.79 Å². The maximum Gasteiger partial charge on any atom is 0.136 e. The monoisotopic (exact) mass is 198 g/mol. The first-order valence-corrected chi connectivity index (χ1v) is 5.03. The average Bonchev–Trinajstić information content (AvgIpc) is 2.32. The summed E-state index contributed by atoms with van der Waals surface area (Å²) in [6.07, 6.45) is 0.410. The first kappa shape index (κ1) is 10.3. The molecule has 0 saturated carbocycles. The van der Waals surface area contributed by atoms with Crippen LogP contribution < -0.4 is 0 Å². The number of hydrogen-bond acceptors (Lipinski definition) is 4. The molecule has 1 aromatic heterocycles. The predicted octanol–water partition coefficient (Wildman–Crippen LogP) is 1.97. The second kappa shape index (κ2) is 3.54. The summed E-state index contributed by atoms with van der Waals surface area (Å²) in [5.41, 5.74) is 0.0344. The normalized spacial score (nSPS) is 11.7. The lowest BCUT2D eigenvalue weighted by Crippen LogP contribution is -2.10. The molecule has 0 fully saturated rings. The Morgan fingerprint density at radius 1 is 1.38 bits per heavy atom. The summed E-state index contributed by atoms with van der Waals surface area (Å²) in [4.78, 5) is 10.8. The fraction of sp³-hybridized carbons (Fsp3) is 0.667. The number of rotatable bonds is 2. The zero-order chi connectivity index (χ0) is 10.1. The highest BCUT2D eigenvalue weighted by atomic mass is 32.1. The zero-order valence-electron chi connectivity index (χ0n) is 8.42. The molecule has 0 radical (unpaired) electrons. The molecule has 72 valence electrons. The molecule has 0 aliphatic carbocycles. The van der Waals surface area contributed by atoms with E-state index in [1.807, 2.05) is 0 Å². The van der Waals surface area contributed by atoms with Crippen LogP contribution in [0.5, 0.6) is 0 Å². The Hall–Kier alpha value is -0.770. The molecule has 0 bridgehead atoms. The summed E-state index contributed by atoms with van der Waals surface area (Å²) in [6, 6.07) is 0. The highest BCUT2D eigenvalue weighted by molar-refractivity contribution is 7.11. The van der Waals surface area contributed by atoms with Gasteiger partial charge >= 0.3 is 0 Å². The third-order valence-electron chi connectivity index (χ3n) is 1.51. The van der Waals surface area contributed by atoms with E-state index in [2.05, 4.69) is 31.0 Å². The minimum atomic E-state index is 0.0344. The van der Waals surface area contributed by atoms with E-state index in [4.69, 9.17) is 0 Å². The van der Waals surface area contributed by atoms with E-state index in [-0.39, 0.29) is 11.2 Å². The van der Waals surface area contributed by atoms with Gasteiger partial charge in [-0.3, -0.25) is 4.79 Å². The van der Waals surface area contributed by atoms with Crippen LogP contribution in [0.15, 0.2) is 0 Å². The number of hydrogen-bond donors (Lipinski definition) is 0. The lowest BCUT2D eigenvalue weighted by molar-refractivity contribution is -0.116. The van der Waals surface area contributed by atoms with Crippen molar-refractivity contribution < 1.29 is 4.79 Å². The van der Waals surface area contributed by atoms with Gasteiger partial charge in [-0.1, -0.05) is 20.8 Å². The molecule has 0 aromatic carbocycles. The first-order valence-electron chi connectivity index (χ1n) is 4.22. The summed E-state index contributed by atoms with van der Waals surface area (Å²) in [7, 11) is 0. The van der Waals surface area contributed by atoms with Gasteiger partial charge < -0.3 is 0 Å². The van der Waals surface area contributed by atoms with Crippen LogP contribution in [0.4, 0.5) is 0 Å². The van der Waals surface area contributed by atoms with Crippen molar-refractivity contribution in [2.45, 2.75) is 39.5 Å². The SMILES string of the molecule is CC(=O)Cc1nnc(C(C)(C)C)s1. The molecule has 1 aromatic rings. The van der Waals surface area contributed by atoms with Crippen molar-refractivity contribution in [2.75, 3.05) is 0 Å². The van der Waals surface area contributed by atoms with Gasteiger partial charge in [0.2, 0.25) is 0 Å². The first-order chi connectivity index (χ1) is 5.89. The van der Waals surface area contributed by atoms with Crippen LogP contribution in [0, 0.1) is 0 Å². The molecule has 0 spiro atoms. The summed E-state index contributed by atoms with van der Waals surface area (Å²) in [5.74, 6) is 0.136. The fourth-order valence-corrected chi connectivity index (χ4v) is 1.81. The predicted molar refractivity (Wildman–Crippen MR) is 53.0 cm³/mol. The molecule has 0 amide bonds. The molecular weight excluding hydrogens is 184 g/mol. The molecule has 0 unspecified atom stereocenters. The Morgan fingerprint density at radius 3 is 2.38 bits per heavy atom. The highest BCUT2D eigenvalue weighted by Crippen LogP contribution is 2.25.